The van der Waals surface area contributed by atoms with Crippen molar-refractivity contribution in [3.05, 3.63) is 22.4 Å². The van der Waals surface area contributed by atoms with Crippen LogP contribution in [0.15, 0.2) is 17.5 Å². The van der Waals surface area contributed by atoms with Gasteiger partial charge in [0.05, 0.1) is 13.0 Å². The highest BCUT2D eigenvalue weighted by Gasteiger charge is 2.05. The molecule has 16 heavy (non-hydrogen) atoms. The number of esters is 1. The molecule has 90 valence electrons. The molecule has 0 aliphatic rings. The number of hydrogen-bond acceptors (Lipinski definition) is 4. The second kappa shape index (κ2) is 7.41. The van der Waals surface area contributed by atoms with Crippen LogP contribution in [0.3, 0.4) is 0 Å². The Morgan fingerprint density at radius 2 is 2.31 bits per heavy atom. The van der Waals surface area contributed by atoms with Crippen LogP contribution in [-0.2, 0) is 16.0 Å². The van der Waals surface area contributed by atoms with E-state index in [9.17, 15) is 4.79 Å². The molecule has 0 saturated carbocycles. The van der Waals surface area contributed by atoms with Crippen LogP contribution in [0.5, 0.6) is 0 Å². The van der Waals surface area contributed by atoms with E-state index in [1.807, 2.05) is 14.0 Å². The molecule has 0 atom stereocenters. The highest BCUT2D eigenvalue weighted by Crippen LogP contribution is 2.09. The van der Waals surface area contributed by atoms with Crippen molar-refractivity contribution in [1.82, 2.24) is 4.90 Å². The Morgan fingerprint density at radius 1 is 1.50 bits per heavy atom. The van der Waals surface area contributed by atoms with Crippen molar-refractivity contribution in [1.29, 1.82) is 0 Å². The Kier molecular flexibility index (Phi) is 6.11. The molecule has 0 radical (unpaired) electrons. The van der Waals surface area contributed by atoms with Crippen molar-refractivity contribution in [3.8, 4) is 0 Å². The lowest BCUT2D eigenvalue weighted by Crippen LogP contribution is -2.24. The first kappa shape index (κ1) is 13.2. The van der Waals surface area contributed by atoms with E-state index in [-0.39, 0.29) is 5.97 Å². The number of thiophene rings is 1. The fourth-order valence-corrected chi connectivity index (χ4v) is 2.08. The zero-order chi connectivity index (χ0) is 11.8. The molecule has 0 aromatic carbocycles. The van der Waals surface area contributed by atoms with Gasteiger partial charge in [0, 0.05) is 18.0 Å². The Balaban J connectivity index is 2.11. The molecule has 4 heteroatoms. The van der Waals surface area contributed by atoms with Crippen LogP contribution in [0.4, 0.5) is 0 Å². The summed E-state index contributed by atoms with van der Waals surface area (Å²) in [5, 5.41) is 2.09. The van der Waals surface area contributed by atoms with Crippen LogP contribution in [0, 0.1) is 0 Å². The number of rotatable bonds is 7. The van der Waals surface area contributed by atoms with Crippen molar-refractivity contribution in [3.63, 3.8) is 0 Å². The lowest BCUT2D eigenvalue weighted by molar-refractivity contribution is -0.143. The Bertz CT molecular complexity index is 298. The van der Waals surface area contributed by atoms with E-state index in [1.54, 1.807) is 11.3 Å². The summed E-state index contributed by atoms with van der Waals surface area (Å²) in [6, 6.07) is 4.21. The fraction of sp³-hybridized carbons (Fsp3) is 0.583. The molecule has 0 amide bonds. The van der Waals surface area contributed by atoms with Gasteiger partial charge in [-0.2, -0.15) is 0 Å². The lowest BCUT2D eigenvalue weighted by Gasteiger charge is -2.15. The average Bonchev–Trinajstić information content (AvgIpc) is 2.77. The molecule has 1 rings (SSSR count). The molecular formula is C12H19NO2S. The SMILES string of the molecule is CCOC(=O)CCN(C)CCc1cccs1. The summed E-state index contributed by atoms with van der Waals surface area (Å²) < 4.78 is 4.88. The van der Waals surface area contributed by atoms with Crippen molar-refractivity contribution in [2.45, 2.75) is 19.8 Å². The smallest absolute Gasteiger partial charge is 0.307 e. The predicted molar refractivity (Wildman–Crippen MR) is 66.8 cm³/mol. The minimum Gasteiger partial charge on any atom is -0.466 e. The summed E-state index contributed by atoms with van der Waals surface area (Å²) in [5.74, 6) is -0.106. The third-order valence-corrected chi connectivity index (χ3v) is 3.26. The van der Waals surface area contributed by atoms with E-state index in [0.717, 1.165) is 19.5 Å². The summed E-state index contributed by atoms with van der Waals surface area (Å²) in [7, 11) is 2.03. The first-order valence-electron chi connectivity index (χ1n) is 5.59. The number of likely N-dealkylation sites (N-methyl/N-ethyl adjacent to an activating group) is 1. The van der Waals surface area contributed by atoms with E-state index in [0.29, 0.717) is 13.0 Å². The van der Waals surface area contributed by atoms with Crippen LogP contribution in [-0.4, -0.2) is 37.6 Å². The Hall–Kier alpha value is -0.870. The van der Waals surface area contributed by atoms with Crippen molar-refractivity contribution in [2.24, 2.45) is 0 Å². The number of carbonyl (C=O) groups is 1. The number of hydrogen-bond donors (Lipinski definition) is 0. The maximum Gasteiger partial charge on any atom is 0.307 e. The van der Waals surface area contributed by atoms with Gasteiger partial charge < -0.3 is 9.64 Å². The highest BCUT2D eigenvalue weighted by molar-refractivity contribution is 7.09. The fourth-order valence-electron chi connectivity index (χ4n) is 1.38. The zero-order valence-electron chi connectivity index (χ0n) is 9.94. The topological polar surface area (TPSA) is 29.5 Å². The minimum atomic E-state index is -0.106. The molecule has 1 aromatic rings. The molecule has 0 spiro atoms. The molecule has 0 bridgehead atoms. The van der Waals surface area contributed by atoms with Crippen LogP contribution in [0.25, 0.3) is 0 Å². The monoisotopic (exact) mass is 241 g/mol. The summed E-state index contributed by atoms with van der Waals surface area (Å²) in [6.07, 6.45) is 1.53. The number of carbonyl (C=O) groups excluding carboxylic acids is 1. The third-order valence-electron chi connectivity index (χ3n) is 2.32. The molecule has 0 unspecified atom stereocenters. The maximum absolute atomic E-state index is 11.1. The van der Waals surface area contributed by atoms with Gasteiger partial charge in [-0.05, 0) is 31.8 Å². The van der Waals surface area contributed by atoms with Crippen molar-refractivity contribution in [2.75, 3.05) is 26.7 Å². The largest absolute Gasteiger partial charge is 0.466 e. The highest BCUT2D eigenvalue weighted by atomic mass is 32.1. The normalized spacial score (nSPS) is 10.7. The average molecular weight is 241 g/mol. The van der Waals surface area contributed by atoms with Crippen molar-refractivity contribution >= 4 is 17.3 Å². The first-order chi connectivity index (χ1) is 7.72. The van der Waals surface area contributed by atoms with Gasteiger partial charge in [-0.25, -0.2) is 0 Å². The van der Waals surface area contributed by atoms with E-state index in [4.69, 9.17) is 4.74 Å². The molecule has 0 saturated heterocycles. The summed E-state index contributed by atoms with van der Waals surface area (Å²) in [5.41, 5.74) is 0. The van der Waals surface area contributed by atoms with Gasteiger partial charge >= 0.3 is 5.97 Å². The van der Waals surface area contributed by atoms with Gasteiger partial charge in [0.15, 0.2) is 0 Å². The first-order valence-corrected chi connectivity index (χ1v) is 6.47. The summed E-state index contributed by atoms with van der Waals surface area (Å²) in [6.45, 7) is 4.06. The summed E-state index contributed by atoms with van der Waals surface area (Å²) >= 11 is 1.78. The third kappa shape index (κ3) is 5.28. The standard InChI is InChI=1S/C12H19NO2S/c1-3-15-12(14)7-9-13(2)8-6-11-5-4-10-16-11/h4-5,10H,3,6-9H2,1-2H3. The van der Waals surface area contributed by atoms with E-state index >= 15 is 0 Å². The molecule has 1 aromatic heterocycles. The van der Waals surface area contributed by atoms with Crippen LogP contribution >= 0.6 is 11.3 Å². The number of ether oxygens (including phenoxy) is 1. The Labute approximate surface area is 101 Å². The van der Waals surface area contributed by atoms with E-state index < -0.39 is 0 Å². The number of nitrogens with zero attached hydrogens (tertiary/aromatic N) is 1. The van der Waals surface area contributed by atoms with Gasteiger partial charge in [0.2, 0.25) is 0 Å². The molecule has 0 aliphatic heterocycles. The zero-order valence-corrected chi connectivity index (χ0v) is 10.8. The van der Waals surface area contributed by atoms with Crippen LogP contribution in [0.1, 0.15) is 18.2 Å². The van der Waals surface area contributed by atoms with Crippen LogP contribution in [0.2, 0.25) is 0 Å². The lowest BCUT2D eigenvalue weighted by atomic mass is 10.3. The van der Waals surface area contributed by atoms with Crippen LogP contribution < -0.4 is 0 Å². The second-order valence-corrected chi connectivity index (χ2v) is 4.72. The molecule has 3 nitrogen and oxygen atoms in total. The summed E-state index contributed by atoms with van der Waals surface area (Å²) in [4.78, 5) is 14.7. The molecule has 1 heterocycles. The molecule has 0 fully saturated rings. The Morgan fingerprint density at radius 3 is 2.94 bits per heavy atom. The quantitative estimate of drug-likeness (QED) is 0.685. The maximum atomic E-state index is 11.1. The second-order valence-electron chi connectivity index (χ2n) is 3.69. The van der Waals surface area contributed by atoms with Gasteiger partial charge in [-0.1, -0.05) is 6.07 Å². The minimum absolute atomic E-state index is 0.106. The predicted octanol–water partition coefficient (Wildman–Crippen LogP) is 2.18. The molecule has 0 aliphatic carbocycles. The van der Waals surface area contributed by atoms with E-state index in [2.05, 4.69) is 22.4 Å². The van der Waals surface area contributed by atoms with Crippen molar-refractivity contribution < 1.29 is 9.53 Å². The van der Waals surface area contributed by atoms with Gasteiger partial charge in [0.1, 0.15) is 0 Å². The molecular weight excluding hydrogens is 222 g/mol. The van der Waals surface area contributed by atoms with E-state index in [1.165, 1.54) is 4.88 Å². The van der Waals surface area contributed by atoms with Gasteiger partial charge in [-0.3, -0.25) is 4.79 Å². The van der Waals surface area contributed by atoms with Gasteiger partial charge in [0.25, 0.3) is 0 Å². The molecule has 0 N–H and O–H groups in total. The van der Waals surface area contributed by atoms with Gasteiger partial charge in [-0.15, -0.1) is 11.3 Å².